The zero-order chi connectivity index (χ0) is 14.2. The van der Waals surface area contributed by atoms with Gasteiger partial charge in [0.1, 0.15) is 17.1 Å². The number of aromatic hydroxyl groups is 1. The first-order chi connectivity index (χ1) is 8.91. The summed E-state index contributed by atoms with van der Waals surface area (Å²) in [7, 11) is 0. The summed E-state index contributed by atoms with van der Waals surface area (Å²) in [6.45, 7) is 0. The second-order valence-corrected chi connectivity index (χ2v) is 3.94. The first-order valence-electron chi connectivity index (χ1n) is 4.91. The van der Waals surface area contributed by atoms with Crippen molar-refractivity contribution in [1.29, 1.82) is 0 Å². The van der Waals surface area contributed by atoms with Gasteiger partial charge in [-0.1, -0.05) is 11.6 Å². The molecule has 0 saturated carbocycles. The SMILES string of the molecule is O=[N+]([O-])c1ccc(O)c(-c2n[nH]c(C(F)F)c2Cl)c1. The fraction of sp³-hybridized carbons (Fsp3) is 0.100. The second kappa shape index (κ2) is 4.81. The van der Waals surface area contributed by atoms with Crippen LogP contribution in [0.15, 0.2) is 18.2 Å². The third-order valence-corrected chi connectivity index (χ3v) is 2.78. The van der Waals surface area contributed by atoms with Crippen molar-refractivity contribution in [3.63, 3.8) is 0 Å². The Morgan fingerprint density at radius 1 is 1.47 bits per heavy atom. The molecule has 2 rings (SSSR count). The number of nitro groups is 1. The minimum Gasteiger partial charge on any atom is -0.507 e. The third-order valence-electron chi connectivity index (χ3n) is 2.40. The molecule has 1 aromatic carbocycles. The third kappa shape index (κ3) is 2.34. The second-order valence-electron chi connectivity index (χ2n) is 3.56. The summed E-state index contributed by atoms with van der Waals surface area (Å²) in [5.74, 6) is -0.347. The number of nitrogens with zero attached hydrogens (tertiary/aromatic N) is 2. The molecule has 0 fully saturated rings. The normalized spacial score (nSPS) is 10.9. The molecule has 0 aliphatic heterocycles. The Hall–Kier alpha value is -2.22. The van der Waals surface area contributed by atoms with Crippen LogP contribution in [0.3, 0.4) is 0 Å². The highest BCUT2D eigenvalue weighted by Crippen LogP contribution is 2.38. The van der Waals surface area contributed by atoms with Gasteiger partial charge in [-0.25, -0.2) is 8.78 Å². The van der Waals surface area contributed by atoms with Crippen LogP contribution in [0.1, 0.15) is 12.1 Å². The molecular formula is C10H6ClF2N3O3. The van der Waals surface area contributed by atoms with Gasteiger partial charge in [-0.2, -0.15) is 5.10 Å². The number of phenols is 1. The van der Waals surface area contributed by atoms with Crippen LogP contribution >= 0.6 is 11.6 Å². The molecule has 100 valence electrons. The van der Waals surface area contributed by atoms with Gasteiger partial charge in [-0.3, -0.25) is 15.2 Å². The molecule has 1 aromatic heterocycles. The van der Waals surface area contributed by atoms with E-state index in [4.69, 9.17) is 11.6 Å². The standard InChI is InChI=1S/C10H6ClF2N3O3/c11-7-8(14-15-9(7)10(12)13)5-3-4(16(18)19)1-2-6(5)17/h1-3,10,17H,(H,14,15). The molecule has 19 heavy (non-hydrogen) atoms. The molecule has 6 nitrogen and oxygen atoms in total. The number of phenolic OH excluding ortho intramolecular Hbond substituents is 1. The molecule has 0 amide bonds. The first-order valence-corrected chi connectivity index (χ1v) is 5.29. The van der Waals surface area contributed by atoms with E-state index in [1.54, 1.807) is 0 Å². The fourth-order valence-corrected chi connectivity index (χ4v) is 1.76. The minimum atomic E-state index is -2.87. The van der Waals surface area contributed by atoms with Gasteiger partial charge in [-0.15, -0.1) is 0 Å². The van der Waals surface area contributed by atoms with Gasteiger partial charge in [0, 0.05) is 12.1 Å². The van der Waals surface area contributed by atoms with Crippen molar-refractivity contribution in [3.05, 3.63) is 39.0 Å². The average Bonchev–Trinajstić information content (AvgIpc) is 2.71. The molecule has 0 atom stereocenters. The van der Waals surface area contributed by atoms with E-state index >= 15 is 0 Å². The van der Waals surface area contributed by atoms with Gasteiger partial charge in [0.05, 0.1) is 15.5 Å². The number of rotatable bonds is 3. The van der Waals surface area contributed by atoms with Crippen LogP contribution < -0.4 is 0 Å². The summed E-state index contributed by atoms with van der Waals surface area (Å²) >= 11 is 5.70. The number of aromatic nitrogens is 2. The topological polar surface area (TPSA) is 92.1 Å². The van der Waals surface area contributed by atoms with Crippen LogP contribution in [0.4, 0.5) is 14.5 Å². The number of alkyl halides is 2. The number of nitrogens with one attached hydrogen (secondary N) is 1. The molecule has 0 bridgehead atoms. The predicted molar refractivity (Wildman–Crippen MR) is 62.3 cm³/mol. The molecule has 0 aliphatic rings. The van der Waals surface area contributed by atoms with E-state index in [-0.39, 0.29) is 27.7 Å². The molecule has 0 unspecified atom stereocenters. The van der Waals surface area contributed by atoms with Gasteiger partial charge < -0.3 is 5.11 Å². The predicted octanol–water partition coefficient (Wildman–Crippen LogP) is 3.28. The van der Waals surface area contributed by atoms with Crippen LogP contribution in [0.5, 0.6) is 5.75 Å². The lowest BCUT2D eigenvalue weighted by Gasteiger charge is -2.02. The number of benzene rings is 1. The Bertz CT molecular complexity index is 645. The lowest BCUT2D eigenvalue weighted by Crippen LogP contribution is -1.89. The number of aromatic amines is 1. The zero-order valence-corrected chi connectivity index (χ0v) is 9.86. The van der Waals surface area contributed by atoms with Gasteiger partial charge >= 0.3 is 0 Å². The van der Waals surface area contributed by atoms with Gasteiger partial charge in [0.15, 0.2) is 0 Å². The van der Waals surface area contributed by atoms with Gasteiger partial charge in [0.25, 0.3) is 12.1 Å². The summed E-state index contributed by atoms with van der Waals surface area (Å²) in [5.41, 5.74) is -1.19. The average molecular weight is 290 g/mol. The minimum absolute atomic E-state index is 0.0950. The number of non-ortho nitro benzene ring substituents is 1. The van der Waals surface area contributed by atoms with Crippen molar-refractivity contribution in [2.75, 3.05) is 0 Å². The monoisotopic (exact) mass is 289 g/mol. The smallest absolute Gasteiger partial charge is 0.281 e. The summed E-state index contributed by atoms with van der Waals surface area (Å²) in [5, 5.41) is 25.5. The van der Waals surface area contributed by atoms with Crippen LogP contribution in [0.2, 0.25) is 5.02 Å². The quantitative estimate of drug-likeness (QED) is 0.670. The zero-order valence-electron chi connectivity index (χ0n) is 9.10. The Labute approximate surface area is 109 Å². The van der Waals surface area contributed by atoms with Crippen molar-refractivity contribution < 1.29 is 18.8 Å². The summed E-state index contributed by atoms with van der Waals surface area (Å²) in [6, 6.07) is 3.15. The van der Waals surface area contributed by atoms with Crippen LogP contribution in [-0.4, -0.2) is 20.2 Å². The van der Waals surface area contributed by atoms with Crippen molar-refractivity contribution in [3.8, 4) is 17.0 Å². The van der Waals surface area contributed by atoms with E-state index in [0.29, 0.717) is 0 Å². The largest absolute Gasteiger partial charge is 0.507 e. The summed E-state index contributed by atoms with van der Waals surface area (Å²) in [4.78, 5) is 9.95. The first kappa shape index (κ1) is 13.2. The number of hydrogen-bond donors (Lipinski definition) is 2. The van der Waals surface area contributed by atoms with E-state index in [1.807, 2.05) is 5.10 Å². The van der Waals surface area contributed by atoms with Crippen molar-refractivity contribution in [2.24, 2.45) is 0 Å². The van der Waals surface area contributed by atoms with E-state index in [0.717, 1.165) is 18.2 Å². The van der Waals surface area contributed by atoms with E-state index in [2.05, 4.69) is 5.10 Å². The molecule has 0 aliphatic carbocycles. The molecule has 9 heteroatoms. The highest BCUT2D eigenvalue weighted by atomic mass is 35.5. The van der Waals surface area contributed by atoms with E-state index < -0.39 is 17.0 Å². The molecule has 0 spiro atoms. The van der Waals surface area contributed by atoms with Crippen LogP contribution in [0, 0.1) is 10.1 Å². The van der Waals surface area contributed by atoms with Crippen LogP contribution in [0.25, 0.3) is 11.3 Å². The number of halogens is 3. The number of H-pyrrole nitrogens is 1. The van der Waals surface area contributed by atoms with E-state index in [1.165, 1.54) is 0 Å². The van der Waals surface area contributed by atoms with E-state index in [9.17, 15) is 24.0 Å². The maximum Gasteiger partial charge on any atom is 0.281 e. The Morgan fingerprint density at radius 3 is 2.68 bits per heavy atom. The summed E-state index contributed by atoms with van der Waals surface area (Å²) in [6.07, 6.45) is -2.87. The molecule has 2 N–H and O–H groups in total. The highest BCUT2D eigenvalue weighted by molar-refractivity contribution is 6.33. The molecular weight excluding hydrogens is 284 g/mol. The van der Waals surface area contributed by atoms with Crippen molar-refractivity contribution in [2.45, 2.75) is 6.43 Å². The van der Waals surface area contributed by atoms with Crippen LogP contribution in [-0.2, 0) is 0 Å². The Balaban J connectivity index is 2.58. The highest BCUT2D eigenvalue weighted by Gasteiger charge is 2.22. The number of nitro benzene ring substituents is 1. The molecule has 0 radical (unpaired) electrons. The van der Waals surface area contributed by atoms with Gasteiger partial charge in [-0.05, 0) is 6.07 Å². The summed E-state index contributed by atoms with van der Waals surface area (Å²) < 4.78 is 25.1. The van der Waals surface area contributed by atoms with Crippen molar-refractivity contribution >= 4 is 17.3 Å². The Morgan fingerprint density at radius 2 is 2.16 bits per heavy atom. The Kier molecular flexibility index (Phi) is 3.34. The number of hydrogen-bond acceptors (Lipinski definition) is 4. The fourth-order valence-electron chi connectivity index (χ4n) is 1.49. The molecule has 0 saturated heterocycles. The molecule has 1 heterocycles. The maximum absolute atomic E-state index is 12.5. The van der Waals surface area contributed by atoms with Gasteiger partial charge in [0.2, 0.25) is 0 Å². The lowest BCUT2D eigenvalue weighted by molar-refractivity contribution is -0.384. The molecule has 2 aromatic rings. The van der Waals surface area contributed by atoms with Crippen molar-refractivity contribution in [1.82, 2.24) is 10.2 Å². The lowest BCUT2D eigenvalue weighted by atomic mass is 10.1. The maximum atomic E-state index is 12.5.